The Morgan fingerprint density at radius 1 is 0.421 bits per heavy atom. The van der Waals surface area contributed by atoms with Crippen molar-refractivity contribution in [3.05, 3.63) is 156 Å². The minimum atomic E-state index is -1.27. The summed E-state index contributed by atoms with van der Waals surface area (Å²) >= 11 is 0. The number of likely N-dealkylation sites (N-methyl/N-ethyl adjacent to an activating group) is 2. The van der Waals surface area contributed by atoms with Crippen LogP contribution in [0.25, 0.3) is 21.5 Å². The van der Waals surface area contributed by atoms with Crippen LogP contribution in [0.4, 0.5) is 0 Å². The molecule has 2 heterocycles. The molecule has 0 aromatic heterocycles. The summed E-state index contributed by atoms with van der Waals surface area (Å²) < 4.78 is 0. The highest BCUT2D eigenvalue weighted by molar-refractivity contribution is 5.99. The molecular weight excluding hydrogens is 1460 g/mol. The summed E-state index contributed by atoms with van der Waals surface area (Å²) in [5, 5.41) is 64.3. The summed E-state index contributed by atoms with van der Waals surface area (Å²) in [6.07, 6.45) is 7.27. The van der Waals surface area contributed by atoms with Gasteiger partial charge in [0, 0.05) is 84.5 Å². The van der Waals surface area contributed by atoms with Gasteiger partial charge in [0.15, 0.2) is 11.7 Å². The second-order valence-electron chi connectivity index (χ2n) is 29.8. The van der Waals surface area contributed by atoms with Crippen molar-refractivity contribution in [3.63, 3.8) is 0 Å². The van der Waals surface area contributed by atoms with Crippen LogP contribution in [0.15, 0.2) is 133 Å². The molecule has 2 aliphatic rings. The van der Waals surface area contributed by atoms with E-state index in [2.05, 4.69) is 47.9 Å². The topological polar surface area (TPSA) is 460 Å². The van der Waals surface area contributed by atoms with Gasteiger partial charge >= 0.3 is 0 Å². The third kappa shape index (κ3) is 28.8. The van der Waals surface area contributed by atoms with Gasteiger partial charge in [-0.2, -0.15) is 0 Å². The second kappa shape index (κ2) is 45.1. The van der Waals surface area contributed by atoms with Crippen molar-refractivity contribution in [1.82, 2.24) is 57.7 Å². The number of guanidine groups is 1. The van der Waals surface area contributed by atoms with Gasteiger partial charge < -0.3 is 79.3 Å². The molecule has 6 aromatic rings. The number of rotatable bonds is 35. The van der Waals surface area contributed by atoms with Crippen molar-refractivity contribution in [3.8, 4) is 11.5 Å². The van der Waals surface area contributed by atoms with Crippen LogP contribution in [0.5, 0.6) is 11.5 Å². The quantitative estimate of drug-likeness (QED) is 0.0133. The standard InChI is InChI=1S/C85H111N15O14/c1-99-72(81(111)95-67(25-14-16-29-74(86)87)79(109)97-69(49-56-31-37-58-19-9-11-21-60(58)46-56)77(107)92-52-66(104)51-62(83(99)113)45-54-33-39-64(102)40-34-54)27-15-13-24-63(101)23-7-5-3-4-6-8-30-75(105)90-43-18-28-73-82(112)96-68(26-17-44-91-85(88)89)80(110)98-70(50-57-32-38-59-20-10-12-22-61(59)47-57)78(108)93-53-76(106)94-71(84(114)100(73)2)48-55-35-41-65(103)42-36-55/h9-12,19-22,31-42,46-47,62,67-73,102-103H,3-8,13-18,23-30,43-45,48-53H2,1-2H3,(H3,86,87)(H,90,105)(H,92,107)(H,93,108)(H,94,106)(H,95,111)(H,96,112)(H,97,109)(H,98,110)(H4,88,89,91)/t62?,67-,68-,69-,70-,71?,72?,73?/m0/s1. The molecule has 114 heavy (non-hydrogen) atoms. The first-order chi connectivity index (χ1) is 54.8. The molecule has 8 rings (SSSR count). The molecule has 17 N–H and O–H groups in total. The van der Waals surface area contributed by atoms with Crippen molar-refractivity contribution in [1.29, 1.82) is 10.8 Å². The average Bonchev–Trinajstić information content (AvgIpc) is 1.12. The van der Waals surface area contributed by atoms with Gasteiger partial charge in [0.1, 0.15) is 59.6 Å². The van der Waals surface area contributed by atoms with E-state index in [1.54, 1.807) is 24.3 Å². The van der Waals surface area contributed by atoms with Gasteiger partial charge in [-0.05, 0) is 139 Å². The lowest BCUT2D eigenvalue weighted by Gasteiger charge is -2.32. The first kappa shape index (κ1) is 87.8. The second-order valence-corrected chi connectivity index (χ2v) is 29.8. The molecule has 29 heteroatoms. The van der Waals surface area contributed by atoms with E-state index in [9.17, 15) is 67.7 Å². The van der Waals surface area contributed by atoms with Crippen LogP contribution >= 0.6 is 0 Å². The Kier molecular flexibility index (Phi) is 34.7. The molecule has 8 atom stereocenters. The number of amides is 10. The summed E-state index contributed by atoms with van der Waals surface area (Å²) in [7, 11) is 2.88. The van der Waals surface area contributed by atoms with Crippen molar-refractivity contribution < 1.29 is 67.7 Å². The zero-order valence-electron chi connectivity index (χ0n) is 65.2. The number of phenolic OH excluding ortho intramolecular Hbond substituents is 2. The fourth-order valence-electron chi connectivity index (χ4n) is 14.4. The molecule has 29 nitrogen and oxygen atoms in total. The van der Waals surface area contributed by atoms with Crippen molar-refractivity contribution in [2.24, 2.45) is 17.4 Å². The molecule has 2 fully saturated rings. The number of nitrogens with zero attached hydrogens (tertiary/aromatic N) is 2. The molecule has 610 valence electrons. The van der Waals surface area contributed by atoms with Crippen molar-refractivity contribution >= 4 is 104 Å². The van der Waals surface area contributed by atoms with E-state index in [1.807, 2.05) is 84.9 Å². The van der Waals surface area contributed by atoms with Gasteiger partial charge in [-0.25, -0.2) is 0 Å². The summed E-state index contributed by atoms with van der Waals surface area (Å²) in [4.78, 5) is 173. The van der Waals surface area contributed by atoms with Gasteiger partial charge in [0.25, 0.3) is 0 Å². The smallest absolute Gasteiger partial charge is 0.245 e. The number of aromatic hydroxyl groups is 2. The molecule has 2 aliphatic heterocycles. The molecule has 0 radical (unpaired) electrons. The van der Waals surface area contributed by atoms with Crippen LogP contribution in [0.2, 0.25) is 0 Å². The Balaban J connectivity index is 0.834. The number of fused-ring (bicyclic) bond motifs is 2. The maximum atomic E-state index is 14.8. The predicted octanol–water partition coefficient (Wildman–Crippen LogP) is 5.49. The SMILES string of the molecule is CN1C(=O)C(Cc2ccc(O)cc2)CC(=O)CNC(=O)[C@H](Cc2ccc3ccccc3c2)NC(=O)[C@H](CCCCC(=N)N)NC(=O)C1CCCCC(=O)CCCCCCCCC(=O)NCCCC1C(=O)N[C@@H](CCCNC(=N)N)C(=O)N[C@@H](Cc2ccc3ccccc3c2)C(=O)NCC(=O)NC(Cc2ccc(O)cc2)C(=O)N1C. The van der Waals surface area contributed by atoms with Gasteiger partial charge in [-0.3, -0.25) is 68.4 Å². The number of unbranched alkanes of at least 4 members (excludes halogenated alkanes) is 7. The number of hydrogen-bond donors (Lipinski definition) is 15. The van der Waals surface area contributed by atoms with Crippen LogP contribution in [-0.2, 0) is 83.2 Å². The lowest BCUT2D eigenvalue weighted by molar-refractivity contribution is -0.144. The summed E-state index contributed by atoms with van der Waals surface area (Å²) in [6, 6.07) is 30.3. The predicted molar refractivity (Wildman–Crippen MR) is 433 cm³/mol. The first-order valence-electron chi connectivity index (χ1n) is 39.6. The van der Waals surface area contributed by atoms with Crippen LogP contribution in [0.1, 0.15) is 157 Å². The maximum absolute atomic E-state index is 14.8. The fourth-order valence-corrected chi connectivity index (χ4v) is 14.4. The number of ketones is 2. The van der Waals surface area contributed by atoms with Crippen molar-refractivity contribution in [2.45, 2.75) is 203 Å². The molecule has 0 spiro atoms. The monoisotopic (exact) mass is 1570 g/mol. The Bertz CT molecular complexity index is 4080. The van der Waals surface area contributed by atoms with Crippen LogP contribution in [0.3, 0.4) is 0 Å². The number of phenols is 2. The van der Waals surface area contributed by atoms with E-state index < -0.39 is 120 Å². The summed E-state index contributed by atoms with van der Waals surface area (Å²) in [6.45, 7) is -0.719. The van der Waals surface area contributed by atoms with E-state index in [1.165, 1.54) is 48.2 Å². The van der Waals surface area contributed by atoms with E-state index in [0.717, 1.165) is 52.8 Å². The first-order valence-corrected chi connectivity index (χ1v) is 39.6. The Morgan fingerprint density at radius 3 is 1.39 bits per heavy atom. The summed E-state index contributed by atoms with van der Waals surface area (Å²) in [5.41, 5.74) is 13.8. The number of Topliss-reactive ketones (excluding diaryl/α,β-unsaturated/α-hetero) is 2. The molecular formula is C85H111N15O14. The Hall–Kier alpha value is -11.8. The number of hydrogen-bond acceptors (Lipinski definition) is 16. The Labute approximate surface area is 664 Å². The number of nitrogens with one attached hydrogen (secondary N) is 11. The number of carbonyl (C=O) groups is 12. The number of amidine groups is 1. The van der Waals surface area contributed by atoms with Gasteiger partial charge in [-0.15, -0.1) is 0 Å². The zero-order chi connectivity index (χ0) is 82.1. The van der Waals surface area contributed by atoms with E-state index >= 15 is 0 Å². The third-order valence-corrected chi connectivity index (χ3v) is 20.9. The van der Waals surface area contributed by atoms with E-state index in [4.69, 9.17) is 22.3 Å². The largest absolute Gasteiger partial charge is 0.508 e. The van der Waals surface area contributed by atoms with E-state index in [0.29, 0.717) is 61.6 Å². The lowest BCUT2D eigenvalue weighted by atomic mass is 9.91. The van der Waals surface area contributed by atoms with Gasteiger partial charge in [0.2, 0.25) is 59.1 Å². The lowest BCUT2D eigenvalue weighted by Crippen LogP contribution is -2.58. The highest BCUT2D eigenvalue weighted by Crippen LogP contribution is 2.25. The zero-order valence-corrected chi connectivity index (χ0v) is 65.2. The number of nitrogens with two attached hydrogens (primary N) is 2. The third-order valence-electron chi connectivity index (χ3n) is 20.9. The molecule has 0 bridgehead atoms. The summed E-state index contributed by atoms with van der Waals surface area (Å²) in [5.74, 6) is -8.01. The van der Waals surface area contributed by atoms with Crippen LogP contribution in [-0.4, -0.2) is 185 Å². The highest BCUT2D eigenvalue weighted by Gasteiger charge is 2.39. The van der Waals surface area contributed by atoms with Gasteiger partial charge in [0.05, 0.1) is 18.9 Å². The molecule has 0 saturated carbocycles. The Morgan fingerprint density at radius 2 is 0.842 bits per heavy atom. The minimum absolute atomic E-state index is 0.00227. The molecule has 2 saturated heterocycles. The van der Waals surface area contributed by atoms with Crippen LogP contribution in [0, 0.1) is 16.7 Å². The molecule has 4 unspecified atom stereocenters. The molecule has 0 aliphatic carbocycles. The molecule has 6 aromatic carbocycles. The molecule has 10 amide bonds. The maximum Gasteiger partial charge on any atom is 0.245 e. The highest BCUT2D eigenvalue weighted by atomic mass is 16.3. The number of carbonyl (C=O) groups excluding carboxylic acids is 12. The number of benzene rings is 6. The van der Waals surface area contributed by atoms with Crippen molar-refractivity contribution in [2.75, 3.05) is 40.3 Å². The van der Waals surface area contributed by atoms with Crippen LogP contribution < -0.4 is 59.3 Å². The van der Waals surface area contributed by atoms with Gasteiger partial charge in [-0.1, -0.05) is 148 Å². The normalized spacial score (nSPS) is 20.0. The fraction of sp³-hybridized carbons (Fsp3) is 0.459. The minimum Gasteiger partial charge on any atom is -0.508 e. The van der Waals surface area contributed by atoms with E-state index in [-0.39, 0.29) is 138 Å². The average molecular weight is 1570 g/mol.